The van der Waals surface area contributed by atoms with E-state index in [1.165, 1.54) is 12.3 Å². The zero-order valence-electron chi connectivity index (χ0n) is 13.0. The van der Waals surface area contributed by atoms with Gasteiger partial charge in [-0.2, -0.15) is 5.26 Å². The molecule has 3 rings (SSSR count). The van der Waals surface area contributed by atoms with Gasteiger partial charge in [-0.15, -0.1) is 11.3 Å². The van der Waals surface area contributed by atoms with Gasteiger partial charge in [-0.3, -0.25) is 5.32 Å². The number of para-hydroxylation sites is 1. The number of pyridine rings is 1. The lowest BCUT2D eigenvalue weighted by Gasteiger charge is -2.10. The molecule has 1 aromatic carbocycles. The molecule has 0 radical (unpaired) electrons. The minimum absolute atomic E-state index is 0.237. The summed E-state index contributed by atoms with van der Waals surface area (Å²) in [5.41, 5.74) is 0.290. The van der Waals surface area contributed by atoms with Gasteiger partial charge >= 0.3 is 6.09 Å². The molecular formula is C18H13N3O3S. The van der Waals surface area contributed by atoms with Gasteiger partial charge in [0, 0.05) is 10.9 Å². The highest BCUT2D eigenvalue weighted by atomic mass is 32.1. The molecule has 0 fully saturated rings. The Morgan fingerprint density at radius 1 is 1.24 bits per heavy atom. The molecule has 2 heterocycles. The third-order valence-corrected chi connectivity index (χ3v) is 3.97. The number of nitrogens with zero attached hydrogens (tertiary/aromatic N) is 2. The average molecular weight is 351 g/mol. The smallest absolute Gasteiger partial charge is 0.418 e. The van der Waals surface area contributed by atoms with Crippen LogP contribution < -0.4 is 14.8 Å². The number of aromatic nitrogens is 1. The fourth-order valence-electron chi connectivity index (χ4n) is 1.98. The Bertz CT molecular complexity index is 890. The number of nitriles is 1. The van der Waals surface area contributed by atoms with Crippen molar-refractivity contribution < 1.29 is 14.3 Å². The first-order chi connectivity index (χ1) is 12.2. The van der Waals surface area contributed by atoms with Gasteiger partial charge in [0.2, 0.25) is 0 Å². The fourth-order valence-corrected chi connectivity index (χ4v) is 2.59. The highest BCUT2D eigenvalue weighted by molar-refractivity contribution is 7.09. The van der Waals surface area contributed by atoms with E-state index in [1.54, 1.807) is 35.6 Å². The summed E-state index contributed by atoms with van der Waals surface area (Å²) in [6.45, 7) is 0.338. The molecule has 25 heavy (non-hydrogen) atoms. The van der Waals surface area contributed by atoms with Crippen molar-refractivity contribution >= 4 is 23.2 Å². The van der Waals surface area contributed by atoms with Crippen LogP contribution in [0, 0.1) is 11.3 Å². The maximum atomic E-state index is 11.9. The molecule has 0 unspecified atom stereocenters. The molecule has 0 aliphatic rings. The molecule has 0 saturated heterocycles. The topological polar surface area (TPSA) is 84.2 Å². The second-order valence-corrected chi connectivity index (χ2v) is 5.91. The lowest BCUT2D eigenvalue weighted by Crippen LogP contribution is -2.17. The van der Waals surface area contributed by atoms with Crippen molar-refractivity contribution in [3.05, 3.63) is 70.5 Å². The van der Waals surface area contributed by atoms with Gasteiger partial charge in [-0.05, 0) is 23.6 Å². The van der Waals surface area contributed by atoms with Crippen LogP contribution in [0.25, 0.3) is 0 Å². The number of carbonyl (C=O) groups is 1. The molecular weight excluding hydrogens is 338 g/mol. The zero-order valence-corrected chi connectivity index (χ0v) is 13.8. The minimum atomic E-state index is -0.674. The van der Waals surface area contributed by atoms with Gasteiger partial charge in [0.05, 0.1) is 6.20 Å². The highest BCUT2D eigenvalue weighted by Crippen LogP contribution is 2.23. The lowest BCUT2D eigenvalue weighted by atomic mass is 10.3. The van der Waals surface area contributed by atoms with Gasteiger partial charge in [-0.1, -0.05) is 24.3 Å². The van der Waals surface area contributed by atoms with Crippen LogP contribution in [0.1, 0.15) is 10.4 Å². The number of anilines is 1. The van der Waals surface area contributed by atoms with Crippen molar-refractivity contribution in [3.63, 3.8) is 0 Å². The normalized spacial score (nSPS) is 9.88. The van der Waals surface area contributed by atoms with E-state index in [0.29, 0.717) is 23.7 Å². The van der Waals surface area contributed by atoms with Crippen LogP contribution in [0.5, 0.6) is 11.5 Å². The van der Waals surface area contributed by atoms with E-state index in [1.807, 2.05) is 29.6 Å². The van der Waals surface area contributed by atoms with E-state index in [9.17, 15) is 4.79 Å². The van der Waals surface area contributed by atoms with E-state index in [-0.39, 0.29) is 5.82 Å². The molecule has 124 valence electrons. The highest BCUT2D eigenvalue weighted by Gasteiger charge is 2.11. The third kappa shape index (κ3) is 4.56. The van der Waals surface area contributed by atoms with Crippen molar-refractivity contribution in [2.24, 2.45) is 0 Å². The average Bonchev–Trinajstić information content (AvgIpc) is 3.14. The molecule has 3 aromatic rings. The number of hydrogen-bond donors (Lipinski definition) is 1. The SMILES string of the molecule is N#Cc1cnc(NC(=O)Oc2ccccc2)cc1OCc1cccs1. The molecule has 1 amide bonds. The summed E-state index contributed by atoms with van der Waals surface area (Å²) in [7, 11) is 0. The molecule has 2 aromatic heterocycles. The molecule has 6 nitrogen and oxygen atoms in total. The van der Waals surface area contributed by atoms with Crippen LogP contribution in [-0.4, -0.2) is 11.1 Å². The van der Waals surface area contributed by atoms with E-state index in [0.717, 1.165) is 4.88 Å². The van der Waals surface area contributed by atoms with E-state index in [2.05, 4.69) is 10.3 Å². The van der Waals surface area contributed by atoms with Crippen molar-refractivity contribution in [3.8, 4) is 17.6 Å². The summed E-state index contributed by atoms with van der Waals surface area (Å²) in [6.07, 6.45) is 0.676. The van der Waals surface area contributed by atoms with Gasteiger partial charge in [0.25, 0.3) is 0 Å². The van der Waals surface area contributed by atoms with Crippen LogP contribution in [-0.2, 0) is 6.61 Å². The Balaban J connectivity index is 1.68. The summed E-state index contributed by atoms with van der Waals surface area (Å²) < 4.78 is 10.8. The summed E-state index contributed by atoms with van der Waals surface area (Å²) in [5, 5.41) is 13.6. The second kappa shape index (κ2) is 7.95. The maximum Gasteiger partial charge on any atom is 0.418 e. The summed E-state index contributed by atoms with van der Waals surface area (Å²) in [6, 6.07) is 16.1. The minimum Gasteiger partial charge on any atom is -0.486 e. The van der Waals surface area contributed by atoms with E-state index in [4.69, 9.17) is 14.7 Å². The number of hydrogen-bond acceptors (Lipinski definition) is 6. The van der Waals surface area contributed by atoms with Crippen molar-refractivity contribution in [2.45, 2.75) is 6.61 Å². The predicted octanol–water partition coefficient (Wildman–Crippen LogP) is 4.20. The zero-order chi connectivity index (χ0) is 17.5. The van der Waals surface area contributed by atoms with E-state index < -0.39 is 6.09 Å². The summed E-state index contributed by atoms with van der Waals surface area (Å²) >= 11 is 1.56. The summed E-state index contributed by atoms with van der Waals surface area (Å²) in [4.78, 5) is 17.0. The first kappa shape index (κ1) is 16.5. The van der Waals surface area contributed by atoms with Crippen molar-refractivity contribution in [1.29, 1.82) is 5.26 Å². The standard InChI is InChI=1S/C18H13N3O3S/c19-10-13-11-20-17(9-16(13)23-12-15-7-4-8-25-15)21-18(22)24-14-5-2-1-3-6-14/h1-9,11H,12H2,(H,20,21,22). The molecule has 1 N–H and O–H groups in total. The predicted molar refractivity (Wildman–Crippen MR) is 93.7 cm³/mol. The molecule has 7 heteroatoms. The Kier molecular flexibility index (Phi) is 5.24. The van der Waals surface area contributed by atoms with Gasteiger partial charge in [0.1, 0.15) is 35.6 Å². The number of nitrogens with one attached hydrogen (secondary N) is 1. The number of ether oxygens (including phenoxy) is 2. The van der Waals surface area contributed by atoms with Crippen LogP contribution in [0.15, 0.2) is 60.1 Å². The van der Waals surface area contributed by atoms with Gasteiger partial charge < -0.3 is 9.47 Å². The molecule has 0 spiro atoms. The first-order valence-electron chi connectivity index (χ1n) is 7.34. The van der Waals surface area contributed by atoms with Crippen LogP contribution >= 0.6 is 11.3 Å². The summed E-state index contributed by atoms with van der Waals surface area (Å²) in [5.74, 6) is 1.00. The van der Waals surface area contributed by atoms with Crippen LogP contribution in [0.4, 0.5) is 10.6 Å². The second-order valence-electron chi connectivity index (χ2n) is 4.87. The number of amides is 1. The fraction of sp³-hybridized carbons (Fsp3) is 0.0556. The number of benzene rings is 1. The number of carbonyl (C=O) groups excluding carboxylic acids is 1. The third-order valence-electron chi connectivity index (χ3n) is 3.12. The van der Waals surface area contributed by atoms with Crippen LogP contribution in [0.2, 0.25) is 0 Å². The molecule has 0 saturated carbocycles. The lowest BCUT2D eigenvalue weighted by molar-refractivity contribution is 0.215. The Labute approximate surface area is 148 Å². The van der Waals surface area contributed by atoms with Crippen LogP contribution in [0.3, 0.4) is 0 Å². The first-order valence-corrected chi connectivity index (χ1v) is 8.22. The van der Waals surface area contributed by atoms with E-state index >= 15 is 0 Å². The maximum absolute atomic E-state index is 11.9. The van der Waals surface area contributed by atoms with Gasteiger partial charge in [0.15, 0.2) is 0 Å². The monoisotopic (exact) mass is 351 g/mol. The Morgan fingerprint density at radius 3 is 2.80 bits per heavy atom. The Hall–Kier alpha value is -3.37. The number of thiophene rings is 1. The van der Waals surface area contributed by atoms with Crippen molar-refractivity contribution in [2.75, 3.05) is 5.32 Å². The molecule has 0 bridgehead atoms. The molecule has 0 aliphatic heterocycles. The molecule has 0 atom stereocenters. The number of rotatable bonds is 5. The Morgan fingerprint density at radius 2 is 2.08 bits per heavy atom. The molecule has 0 aliphatic carbocycles. The van der Waals surface area contributed by atoms with Gasteiger partial charge in [-0.25, -0.2) is 9.78 Å². The quantitative estimate of drug-likeness (QED) is 0.744. The van der Waals surface area contributed by atoms with Crippen molar-refractivity contribution in [1.82, 2.24) is 4.98 Å². The largest absolute Gasteiger partial charge is 0.486 e.